The van der Waals surface area contributed by atoms with E-state index >= 15 is 0 Å². The first-order valence-electron chi connectivity index (χ1n) is 2.72. The average molecular weight is 116 g/mol. The molecule has 1 aliphatic carbocycles. The van der Waals surface area contributed by atoms with Crippen LogP contribution in [0.5, 0.6) is 0 Å². The first-order chi connectivity index (χ1) is 3.43. The van der Waals surface area contributed by atoms with Gasteiger partial charge in [0.1, 0.15) is 0 Å². The van der Waals surface area contributed by atoms with Crippen molar-refractivity contribution in [2.45, 2.75) is 19.3 Å². The highest BCUT2D eigenvalue weighted by Crippen LogP contribution is 2.25. The summed E-state index contributed by atoms with van der Waals surface area (Å²) in [4.78, 5) is 0. The van der Waals surface area contributed by atoms with Gasteiger partial charge in [-0.3, -0.25) is 0 Å². The van der Waals surface area contributed by atoms with Crippen molar-refractivity contribution in [1.29, 1.82) is 4.78 Å². The number of hydrogen-bond donors (Lipinski definition) is 1. The summed E-state index contributed by atoms with van der Waals surface area (Å²) in [6.07, 6.45) is 4.17. The molecule has 1 N–H and O–H groups in total. The molecule has 0 aromatic carbocycles. The van der Waals surface area contributed by atoms with Gasteiger partial charge >= 0.3 is 11.6 Å². The van der Waals surface area contributed by atoms with E-state index in [0.717, 1.165) is 11.7 Å². The largest absolute Gasteiger partial charge is 0.307 e. The number of rotatable bonds is 2. The maximum atomic E-state index is 6.79. The first kappa shape index (κ1) is 5.16. The highest BCUT2D eigenvalue weighted by Gasteiger charge is 2.20. The molecule has 2 heteroatoms. The van der Waals surface area contributed by atoms with E-state index in [1.165, 1.54) is 30.8 Å². The van der Waals surface area contributed by atoms with Crippen LogP contribution < -0.4 is 0 Å². The second-order valence-corrected chi connectivity index (χ2v) is 2.73. The summed E-state index contributed by atoms with van der Waals surface area (Å²) in [5, 5.41) is 0. The predicted octanol–water partition coefficient (Wildman–Crippen LogP) is 1.63. The zero-order valence-corrected chi connectivity index (χ0v) is 5.13. The van der Waals surface area contributed by atoms with E-state index in [9.17, 15) is 0 Å². The number of hydrogen-bond acceptors (Lipinski definition) is 1. The Kier molecular flexibility index (Phi) is 1.74. The van der Waals surface area contributed by atoms with Crippen molar-refractivity contribution in [2.24, 2.45) is 5.92 Å². The van der Waals surface area contributed by atoms with Crippen LogP contribution in [0.4, 0.5) is 0 Å². The Balaban J connectivity index is 2.03. The van der Waals surface area contributed by atoms with Crippen LogP contribution in [0.1, 0.15) is 19.3 Å². The molecule has 0 unspecified atom stereocenters. The van der Waals surface area contributed by atoms with Crippen molar-refractivity contribution in [1.82, 2.24) is 0 Å². The highest BCUT2D eigenvalue weighted by atomic mass is 32.1. The lowest BCUT2D eigenvalue weighted by Gasteiger charge is -2.18. The molecule has 1 fully saturated rings. The third-order valence-corrected chi connectivity index (χ3v) is 2.18. The minimum Gasteiger partial charge on any atom is -0.0524 e. The van der Waals surface area contributed by atoms with Crippen LogP contribution in [0.2, 0.25) is 0 Å². The Hall–Kier alpha value is 0.0200. The van der Waals surface area contributed by atoms with Gasteiger partial charge < -0.3 is 0 Å². The van der Waals surface area contributed by atoms with Crippen LogP contribution in [-0.4, -0.2) is 5.75 Å². The smallest absolute Gasteiger partial charge is 0.0524 e. The van der Waals surface area contributed by atoms with E-state index in [0.29, 0.717) is 0 Å². The molecule has 0 amide bonds. The van der Waals surface area contributed by atoms with Gasteiger partial charge in [0, 0.05) is 5.92 Å². The molecule has 0 atom stereocenters. The zero-order valence-electron chi connectivity index (χ0n) is 4.31. The van der Waals surface area contributed by atoms with Crippen molar-refractivity contribution in [3.8, 4) is 0 Å². The summed E-state index contributed by atoms with van der Waals surface area (Å²) in [6.45, 7) is 0. The van der Waals surface area contributed by atoms with Gasteiger partial charge in [-0.2, -0.15) is 0 Å². The Morgan fingerprint density at radius 2 is 2.29 bits per heavy atom. The number of nitrogens with one attached hydrogen (secondary N) is 1. The molecule has 0 spiro atoms. The van der Waals surface area contributed by atoms with E-state index in [1.807, 2.05) is 0 Å². The van der Waals surface area contributed by atoms with Crippen molar-refractivity contribution in [2.75, 3.05) is 5.75 Å². The van der Waals surface area contributed by atoms with E-state index in [-0.39, 0.29) is 0 Å². The van der Waals surface area contributed by atoms with Crippen molar-refractivity contribution in [3.63, 3.8) is 0 Å². The lowest BCUT2D eigenvalue weighted by atomic mass is 9.87. The van der Waals surface area contributed by atoms with E-state index in [4.69, 9.17) is 4.78 Å². The van der Waals surface area contributed by atoms with Crippen molar-refractivity contribution >= 4 is 11.6 Å². The van der Waals surface area contributed by atoms with Gasteiger partial charge in [0.2, 0.25) is 5.75 Å². The molecule has 0 aromatic rings. The van der Waals surface area contributed by atoms with Gasteiger partial charge in [-0.1, -0.05) is 6.42 Å². The molecule has 0 aromatic heterocycles. The van der Waals surface area contributed by atoms with E-state index in [2.05, 4.69) is 0 Å². The quantitative estimate of drug-likeness (QED) is 0.530. The Bertz CT molecular complexity index is 68.5. The fourth-order valence-corrected chi connectivity index (χ4v) is 1.35. The topological polar surface area (TPSA) is 23.9 Å². The van der Waals surface area contributed by atoms with Gasteiger partial charge in [-0.05, 0) is 17.6 Å². The van der Waals surface area contributed by atoms with Gasteiger partial charge in [-0.15, -0.1) is 0 Å². The summed E-state index contributed by atoms with van der Waals surface area (Å²) in [5.41, 5.74) is 0. The monoisotopic (exact) mass is 116 g/mol. The first-order valence-corrected chi connectivity index (χ1v) is 3.70. The van der Waals surface area contributed by atoms with Crippen LogP contribution >= 0.6 is 0 Å². The summed E-state index contributed by atoms with van der Waals surface area (Å²) in [5.74, 6) is 1.97. The van der Waals surface area contributed by atoms with Crippen LogP contribution in [0.25, 0.3) is 0 Å². The maximum absolute atomic E-state index is 6.79. The third kappa shape index (κ3) is 1.20. The Morgan fingerprint density at radius 1 is 1.57 bits per heavy atom. The molecule has 0 bridgehead atoms. The maximum Gasteiger partial charge on any atom is 0.307 e. The molecule has 1 saturated carbocycles. The van der Waals surface area contributed by atoms with Gasteiger partial charge in [0.25, 0.3) is 0 Å². The molecule has 0 radical (unpaired) electrons. The zero-order chi connectivity index (χ0) is 5.11. The highest BCUT2D eigenvalue weighted by molar-refractivity contribution is 7.66. The van der Waals surface area contributed by atoms with Gasteiger partial charge in [0.05, 0.1) is 0 Å². The molecule has 40 valence electrons. The lowest BCUT2D eigenvalue weighted by Crippen LogP contribution is -2.13. The van der Waals surface area contributed by atoms with Crippen LogP contribution in [-0.2, 0) is 11.6 Å². The van der Waals surface area contributed by atoms with Crippen LogP contribution in [0.15, 0.2) is 0 Å². The fourth-order valence-electron chi connectivity index (χ4n) is 0.777. The second-order valence-electron chi connectivity index (χ2n) is 2.11. The SMILES string of the molecule is N=[S+]CC1CCC1. The normalized spacial score (nSPS) is 21.1. The van der Waals surface area contributed by atoms with E-state index < -0.39 is 0 Å². The minimum atomic E-state index is 0.905. The molecule has 1 nitrogen and oxygen atoms in total. The molecule has 1 rings (SSSR count). The standard InChI is InChI=1S/C5H10NS/c6-7-4-5-2-1-3-5/h5-6H,1-4H2/q+1. The van der Waals surface area contributed by atoms with Crippen LogP contribution in [0.3, 0.4) is 0 Å². The third-order valence-electron chi connectivity index (χ3n) is 1.54. The van der Waals surface area contributed by atoms with Gasteiger partial charge in [0.15, 0.2) is 0 Å². The second kappa shape index (κ2) is 2.36. The minimum absolute atomic E-state index is 0.905. The summed E-state index contributed by atoms with van der Waals surface area (Å²) < 4.78 is 6.79. The summed E-state index contributed by atoms with van der Waals surface area (Å²) in [6, 6.07) is 0. The van der Waals surface area contributed by atoms with E-state index in [1.54, 1.807) is 0 Å². The lowest BCUT2D eigenvalue weighted by molar-refractivity contribution is 0.353. The molecular formula is C5H10NS+. The molecule has 0 saturated heterocycles. The fraction of sp³-hybridized carbons (Fsp3) is 1.00. The molecule has 7 heavy (non-hydrogen) atoms. The Labute approximate surface area is 48.0 Å². The summed E-state index contributed by atoms with van der Waals surface area (Å²) >= 11 is 1.24. The summed E-state index contributed by atoms with van der Waals surface area (Å²) in [7, 11) is 0. The molecule has 0 heterocycles. The van der Waals surface area contributed by atoms with Crippen molar-refractivity contribution < 1.29 is 0 Å². The van der Waals surface area contributed by atoms with Crippen molar-refractivity contribution in [3.05, 3.63) is 0 Å². The average Bonchev–Trinajstić information content (AvgIpc) is 1.55. The van der Waals surface area contributed by atoms with Gasteiger partial charge in [-0.25, -0.2) is 0 Å². The Morgan fingerprint density at radius 3 is 2.43 bits per heavy atom. The van der Waals surface area contributed by atoms with Crippen LogP contribution in [0, 0.1) is 10.7 Å². The predicted molar refractivity (Wildman–Crippen MR) is 32.3 cm³/mol. The molecule has 1 aliphatic rings. The molecule has 0 aliphatic heterocycles. The molecular weight excluding hydrogens is 106 g/mol.